The average Bonchev–Trinajstić information content (AvgIpc) is 3.36. The molecule has 2 aliphatic rings. The summed E-state index contributed by atoms with van der Waals surface area (Å²) in [6, 6.07) is 5.75. The normalized spacial score (nSPS) is 19.6. The van der Waals surface area contributed by atoms with E-state index in [0.717, 1.165) is 61.4 Å². The highest BCUT2D eigenvalue weighted by molar-refractivity contribution is 7.15. The molecule has 28 heavy (non-hydrogen) atoms. The molecule has 1 aliphatic heterocycles. The van der Waals surface area contributed by atoms with Crippen molar-refractivity contribution in [3.63, 3.8) is 0 Å². The van der Waals surface area contributed by atoms with Gasteiger partial charge in [0.15, 0.2) is 16.6 Å². The van der Waals surface area contributed by atoms with E-state index < -0.39 is 0 Å². The van der Waals surface area contributed by atoms with Crippen LogP contribution in [0.5, 0.6) is 0 Å². The number of anilines is 1. The van der Waals surface area contributed by atoms with Crippen LogP contribution in [0.4, 0.5) is 5.13 Å². The minimum Gasteiger partial charge on any atom is -0.378 e. The second-order valence-corrected chi connectivity index (χ2v) is 8.23. The molecule has 8 nitrogen and oxygen atoms in total. The average molecular weight is 398 g/mol. The first kappa shape index (κ1) is 17.6. The Morgan fingerprint density at radius 3 is 3.07 bits per heavy atom. The number of nitrogens with one attached hydrogen (secondary N) is 1. The molecule has 1 N–H and O–H groups in total. The molecular weight excluding hydrogens is 376 g/mol. The number of nitrogens with zero attached hydrogens (tertiary/aromatic N) is 5. The molecule has 3 aromatic heterocycles. The summed E-state index contributed by atoms with van der Waals surface area (Å²) in [7, 11) is 0. The molecule has 0 bridgehead atoms. The van der Waals surface area contributed by atoms with Gasteiger partial charge in [0.25, 0.3) is 0 Å². The molecular formula is C19H22N6O2S. The molecule has 3 aromatic rings. The molecule has 4 heterocycles. The number of hydrogen-bond donors (Lipinski definition) is 1. The maximum atomic E-state index is 12.7. The van der Waals surface area contributed by atoms with Crippen molar-refractivity contribution in [2.24, 2.45) is 5.92 Å². The monoisotopic (exact) mass is 398 g/mol. The Morgan fingerprint density at radius 2 is 2.18 bits per heavy atom. The number of thiazole rings is 1. The summed E-state index contributed by atoms with van der Waals surface area (Å²) in [5.41, 5.74) is 1.87. The highest BCUT2D eigenvalue weighted by Crippen LogP contribution is 2.34. The van der Waals surface area contributed by atoms with E-state index in [0.29, 0.717) is 13.0 Å². The van der Waals surface area contributed by atoms with Crippen LogP contribution in [0.25, 0.3) is 5.65 Å². The second kappa shape index (κ2) is 7.48. The lowest BCUT2D eigenvalue weighted by atomic mass is 9.90. The van der Waals surface area contributed by atoms with Gasteiger partial charge in [-0.1, -0.05) is 6.07 Å². The van der Waals surface area contributed by atoms with Crippen molar-refractivity contribution >= 4 is 28.0 Å². The standard InChI is InChI=1S/C19H22N6O2S/c26-18(20-12-17-23-22-16-3-1-2-6-25(16)17)13-4-5-15-14(11-13)21-19(28-15)24-7-9-27-10-8-24/h1-3,6,13H,4-5,7-12H2,(H,20,26). The Bertz CT molecular complexity index is 993. The topological polar surface area (TPSA) is 84.7 Å². The SMILES string of the molecule is O=C(NCc1nnc2ccccn12)C1CCc2sc(N3CCOCC3)nc2C1. The first-order valence-electron chi connectivity index (χ1n) is 9.65. The quantitative estimate of drug-likeness (QED) is 0.716. The van der Waals surface area contributed by atoms with Gasteiger partial charge in [-0.25, -0.2) is 4.98 Å². The van der Waals surface area contributed by atoms with Crippen molar-refractivity contribution in [1.29, 1.82) is 0 Å². The molecule has 1 amide bonds. The van der Waals surface area contributed by atoms with Crippen LogP contribution in [-0.4, -0.2) is 51.8 Å². The van der Waals surface area contributed by atoms with Gasteiger partial charge in [-0.3, -0.25) is 9.20 Å². The second-order valence-electron chi connectivity index (χ2n) is 7.17. The van der Waals surface area contributed by atoms with Crippen LogP contribution in [0.1, 0.15) is 22.8 Å². The third-order valence-corrected chi connectivity index (χ3v) is 6.60. The van der Waals surface area contributed by atoms with Crippen LogP contribution in [0.2, 0.25) is 0 Å². The summed E-state index contributed by atoms with van der Waals surface area (Å²) >= 11 is 1.77. The number of carbonyl (C=O) groups is 1. The number of aryl methyl sites for hydroxylation is 1. The number of ether oxygens (including phenoxy) is 1. The molecule has 9 heteroatoms. The van der Waals surface area contributed by atoms with Crippen LogP contribution < -0.4 is 10.2 Å². The van der Waals surface area contributed by atoms with E-state index in [4.69, 9.17) is 9.72 Å². The summed E-state index contributed by atoms with van der Waals surface area (Å²) in [5.74, 6) is 0.772. The Balaban J connectivity index is 1.23. The van der Waals surface area contributed by atoms with Crippen LogP contribution in [0.15, 0.2) is 24.4 Å². The summed E-state index contributed by atoms with van der Waals surface area (Å²) < 4.78 is 7.32. The number of morpholine rings is 1. The van der Waals surface area contributed by atoms with Crippen LogP contribution in [-0.2, 0) is 28.9 Å². The smallest absolute Gasteiger partial charge is 0.223 e. The third-order valence-electron chi connectivity index (χ3n) is 5.38. The lowest BCUT2D eigenvalue weighted by molar-refractivity contribution is -0.125. The van der Waals surface area contributed by atoms with Gasteiger partial charge in [-0.2, -0.15) is 0 Å². The predicted octanol–water partition coefficient (Wildman–Crippen LogP) is 1.44. The van der Waals surface area contributed by atoms with Crippen molar-refractivity contribution in [3.05, 3.63) is 40.8 Å². The molecule has 1 aliphatic carbocycles. The zero-order valence-electron chi connectivity index (χ0n) is 15.5. The molecule has 5 rings (SSSR count). The lowest BCUT2D eigenvalue weighted by Crippen LogP contribution is -2.36. The summed E-state index contributed by atoms with van der Waals surface area (Å²) in [4.78, 5) is 21.2. The van der Waals surface area contributed by atoms with E-state index in [9.17, 15) is 4.79 Å². The third kappa shape index (κ3) is 3.35. The highest BCUT2D eigenvalue weighted by atomic mass is 32.1. The number of carbonyl (C=O) groups excluding carboxylic acids is 1. The number of aromatic nitrogens is 4. The molecule has 146 valence electrons. The highest BCUT2D eigenvalue weighted by Gasteiger charge is 2.29. The Kier molecular flexibility index (Phi) is 4.69. The van der Waals surface area contributed by atoms with Gasteiger partial charge in [0.1, 0.15) is 0 Å². The van der Waals surface area contributed by atoms with Crippen LogP contribution >= 0.6 is 11.3 Å². The molecule has 0 spiro atoms. The fourth-order valence-electron chi connectivity index (χ4n) is 3.80. The van der Waals surface area contributed by atoms with Crippen molar-refractivity contribution in [1.82, 2.24) is 24.9 Å². The number of rotatable bonds is 4. The summed E-state index contributed by atoms with van der Waals surface area (Å²) in [5, 5.41) is 12.4. The first-order valence-corrected chi connectivity index (χ1v) is 10.5. The van der Waals surface area contributed by atoms with Crippen molar-refractivity contribution in [2.45, 2.75) is 25.8 Å². The van der Waals surface area contributed by atoms with E-state index in [1.165, 1.54) is 4.88 Å². The Morgan fingerprint density at radius 1 is 1.29 bits per heavy atom. The van der Waals surface area contributed by atoms with Gasteiger partial charge in [0.2, 0.25) is 5.91 Å². The number of hydrogen-bond acceptors (Lipinski definition) is 7. The molecule has 1 fully saturated rings. The minimum absolute atomic E-state index is 0.0358. The van der Waals surface area contributed by atoms with Crippen LogP contribution in [0, 0.1) is 5.92 Å². The maximum Gasteiger partial charge on any atom is 0.223 e. The van der Waals surface area contributed by atoms with E-state index in [1.807, 2.05) is 28.8 Å². The lowest BCUT2D eigenvalue weighted by Gasteiger charge is -2.26. The van der Waals surface area contributed by atoms with Gasteiger partial charge < -0.3 is 15.0 Å². The van der Waals surface area contributed by atoms with Crippen LogP contribution in [0.3, 0.4) is 0 Å². The molecule has 1 saturated heterocycles. The first-order chi connectivity index (χ1) is 13.8. The van der Waals surface area contributed by atoms with Gasteiger partial charge >= 0.3 is 0 Å². The fourth-order valence-corrected chi connectivity index (χ4v) is 4.96. The zero-order chi connectivity index (χ0) is 18.9. The summed E-state index contributed by atoms with van der Waals surface area (Å²) in [6.07, 6.45) is 4.40. The van der Waals surface area contributed by atoms with Gasteiger partial charge in [-0.15, -0.1) is 21.5 Å². The van der Waals surface area contributed by atoms with E-state index in [1.54, 1.807) is 11.3 Å². The Hall–Kier alpha value is -2.52. The van der Waals surface area contributed by atoms with Gasteiger partial charge in [0, 0.05) is 36.5 Å². The Labute approximate surface area is 166 Å². The van der Waals surface area contributed by atoms with Crippen molar-refractivity contribution in [2.75, 3.05) is 31.2 Å². The minimum atomic E-state index is -0.0358. The molecule has 0 saturated carbocycles. The largest absolute Gasteiger partial charge is 0.378 e. The molecule has 1 unspecified atom stereocenters. The number of fused-ring (bicyclic) bond motifs is 2. The number of pyridine rings is 1. The van der Waals surface area contributed by atoms with E-state index >= 15 is 0 Å². The zero-order valence-corrected chi connectivity index (χ0v) is 16.3. The summed E-state index contributed by atoms with van der Waals surface area (Å²) in [6.45, 7) is 3.67. The maximum absolute atomic E-state index is 12.7. The van der Waals surface area contributed by atoms with Crippen molar-refractivity contribution in [3.8, 4) is 0 Å². The molecule has 0 aromatic carbocycles. The predicted molar refractivity (Wildman–Crippen MR) is 105 cm³/mol. The number of amides is 1. The molecule has 0 radical (unpaired) electrons. The van der Waals surface area contributed by atoms with Gasteiger partial charge in [-0.05, 0) is 25.0 Å². The van der Waals surface area contributed by atoms with E-state index in [-0.39, 0.29) is 11.8 Å². The van der Waals surface area contributed by atoms with Crippen molar-refractivity contribution < 1.29 is 9.53 Å². The molecule has 1 atom stereocenters. The fraction of sp³-hybridized carbons (Fsp3) is 0.474. The van der Waals surface area contributed by atoms with E-state index in [2.05, 4.69) is 20.4 Å². The van der Waals surface area contributed by atoms with Gasteiger partial charge in [0.05, 0.1) is 25.5 Å².